The monoisotopic (exact) mass is 322 g/mol. The number of amides is 2. The average molecular weight is 322 g/mol. The van der Waals surface area contributed by atoms with Gasteiger partial charge in [0.25, 0.3) is 5.91 Å². The maximum atomic E-state index is 12.1. The van der Waals surface area contributed by atoms with E-state index in [9.17, 15) is 14.4 Å². The van der Waals surface area contributed by atoms with Gasteiger partial charge < -0.3 is 15.0 Å². The zero-order valence-corrected chi connectivity index (χ0v) is 13.5. The normalized spacial score (nSPS) is 15.1. The Bertz CT molecular complexity index is 616. The lowest BCUT2D eigenvalue weighted by Gasteiger charge is -2.17. The van der Waals surface area contributed by atoms with E-state index in [0.29, 0.717) is 23.4 Å². The van der Waals surface area contributed by atoms with Crippen molar-refractivity contribution in [2.45, 2.75) is 24.3 Å². The summed E-state index contributed by atoms with van der Waals surface area (Å²) < 4.78 is 5.16. The molecule has 7 heteroatoms. The molecule has 118 valence electrons. The Hall–Kier alpha value is -2.02. The molecule has 2 rings (SSSR count). The number of thioether (sulfide) groups is 1. The molecule has 0 unspecified atom stereocenters. The average Bonchev–Trinajstić information content (AvgIpc) is 2.65. The second-order valence-electron chi connectivity index (χ2n) is 5.14. The van der Waals surface area contributed by atoms with Crippen LogP contribution in [0.1, 0.15) is 23.7 Å². The second-order valence-corrected chi connectivity index (χ2v) is 6.27. The van der Waals surface area contributed by atoms with Gasteiger partial charge in [-0.15, -0.1) is 11.8 Å². The van der Waals surface area contributed by atoms with Gasteiger partial charge in [-0.25, -0.2) is 4.79 Å². The number of nitrogens with one attached hydrogen (secondary N) is 1. The number of nitrogens with zero attached hydrogens (tertiary/aromatic N) is 1. The summed E-state index contributed by atoms with van der Waals surface area (Å²) in [5.74, 6) is -0.245. The van der Waals surface area contributed by atoms with E-state index >= 15 is 0 Å². The van der Waals surface area contributed by atoms with Crippen LogP contribution in [0.2, 0.25) is 0 Å². The quantitative estimate of drug-likeness (QED) is 0.858. The molecule has 1 atom stereocenters. The topological polar surface area (TPSA) is 75.7 Å². The standard InChI is InChI=1S/C15H18N2O4S/c1-9(14(19)17(2)3)21-15(20)10-4-5-12-11(8-10)16-13(18)6-7-22-12/h4-5,8-9H,6-7H2,1-3H3,(H,16,18)/t9-/m0/s1. The van der Waals surface area contributed by atoms with E-state index in [4.69, 9.17) is 4.74 Å². The highest BCUT2D eigenvalue weighted by molar-refractivity contribution is 7.99. The molecule has 22 heavy (non-hydrogen) atoms. The molecular formula is C15H18N2O4S. The fourth-order valence-corrected chi connectivity index (χ4v) is 2.93. The fourth-order valence-electron chi connectivity index (χ4n) is 1.99. The summed E-state index contributed by atoms with van der Waals surface area (Å²) in [7, 11) is 3.20. The maximum absolute atomic E-state index is 12.1. The highest BCUT2D eigenvalue weighted by Gasteiger charge is 2.21. The summed E-state index contributed by atoms with van der Waals surface area (Å²) >= 11 is 1.56. The van der Waals surface area contributed by atoms with Crippen LogP contribution in [0.5, 0.6) is 0 Å². The van der Waals surface area contributed by atoms with Crippen molar-refractivity contribution in [2.75, 3.05) is 25.2 Å². The highest BCUT2D eigenvalue weighted by Crippen LogP contribution is 2.31. The Morgan fingerprint density at radius 2 is 2.09 bits per heavy atom. The number of carbonyl (C=O) groups is 3. The lowest BCUT2D eigenvalue weighted by Crippen LogP contribution is -2.34. The minimum atomic E-state index is -0.856. The van der Waals surface area contributed by atoms with Crippen LogP contribution in [0.3, 0.4) is 0 Å². The van der Waals surface area contributed by atoms with Gasteiger partial charge in [-0.05, 0) is 25.1 Å². The first-order valence-electron chi connectivity index (χ1n) is 6.87. The van der Waals surface area contributed by atoms with Gasteiger partial charge in [0.1, 0.15) is 0 Å². The largest absolute Gasteiger partial charge is 0.449 e. The van der Waals surface area contributed by atoms with Crippen molar-refractivity contribution < 1.29 is 19.1 Å². The second kappa shape index (κ2) is 6.83. The van der Waals surface area contributed by atoms with Crippen LogP contribution in [0.15, 0.2) is 23.1 Å². The molecule has 1 heterocycles. The SMILES string of the molecule is C[C@H](OC(=O)c1ccc2c(c1)NC(=O)CCS2)C(=O)N(C)C. The first kappa shape index (κ1) is 16.4. The van der Waals surface area contributed by atoms with Crippen molar-refractivity contribution in [3.8, 4) is 0 Å². The van der Waals surface area contributed by atoms with Crippen molar-refractivity contribution in [1.29, 1.82) is 0 Å². The van der Waals surface area contributed by atoms with Crippen LogP contribution in [-0.4, -0.2) is 48.6 Å². The summed E-state index contributed by atoms with van der Waals surface area (Å²) in [5.41, 5.74) is 0.911. The molecule has 0 saturated carbocycles. The minimum Gasteiger partial charge on any atom is -0.449 e. The third-order valence-electron chi connectivity index (χ3n) is 3.15. The number of benzene rings is 1. The number of rotatable bonds is 3. The van der Waals surface area contributed by atoms with Gasteiger partial charge >= 0.3 is 5.97 Å². The number of ether oxygens (including phenoxy) is 1. The lowest BCUT2D eigenvalue weighted by molar-refractivity contribution is -0.137. The molecule has 0 fully saturated rings. The number of hydrogen-bond acceptors (Lipinski definition) is 5. The summed E-state index contributed by atoms with van der Waals surface area (Å²) in [6.07, 6.45) is -0.418. The van der Waals surface area contributed by atoms with Crippen molar-refractivity contribution >= 4 is 35.2 Å². The molecule has 1 aromatic rings. The van der Waals surface area contributed by atoms with E-state index in [-0.39, 0.29) is 11.8 Å². The van der Waals surface area contributed by atoms with Crippen LogP contribution in [0.4, 0.5) is 5.69 Å². The Morgan fingerprint density at radius 3 is 2.77 bits per heavy atom. The third-order valence-corrected chi connectivity index (χ3v) is 4.22. The van der Waals surface area contributed by atoms with Gasteiger partial charge in [0.2, 0.25) is 5.91 Å². The van der Waals surface area contributed by atoms with Gasteiger partial charge in [0, 0.05) is 31.2 Å². The predicted molar refractivity (Wildman–Crippen MR) is 84.0 cm³/mol. The molecular weight excluding hydrogens is 304 g/mol. The van der Waals surface area contributed by atoms with Gasteiger partial charge in [-0.1, -0.05) is 0 Å². The number of carbonyl (C=O) groups excluding carboxylic acids is 3. The molecule has 0 aliphatic carbocycles. The van der Waals surface area contributed by atoms with Gasteiger partial charge in [-0.3, -0.25) is 9.59 Å². The Morgan fingerprint density at radius 1 is 1.36 bits per heavy atom. The summed E-state index contributed by atoms with van der Waals surface area (Å²) in [4.78, 5) is 37.7. The first-order valence-corrected chi connectivity index (χ1v) is 7.86. The van der Waals surface area contributed by atoms with Crippen LogP contribution < -0.4 is 5.32 Å². The Kier molecular flexibility index (Phi) is 5.07. The molecule has 1 N–H and O–H groups in total. The van der Waals surface area contributed by atoms with E-state index < -0.39 is 12.1 Å². The molecule has 0 saturated heterocycles. The van der Waals surface area contributed by atoms with Crippen molar-refractivity contribution in [3.05, 3.63) is 23.8 Å². The fraction of sp³-hybridized carbons (Fsp3) is 0.400. The minimum absolute atomic E-state index is 0.0760. The number of hydrogen-bond donors (Lipinski definition) is 1. The summed E-state index contributed by atoms with van der Waals surface area (Å²) in [6.45, 7) is 1.53. The zero-order valence-electron chi connectivity index (χ0n) is 12.7. The zero-order chi connectivity index (χ0) is 16.3. The van der Waals surface area contributed by atoms with Crippen LogP contribution in [0.25, 0.3) is 0 Å². The molecule has 6 nitrogen and oxygen atoms in total. The molecule has 0 bridgehead atoms. The smallest absolute Gasteiger partial charge is 0.338 e. The number of anilines is 1. The molecule has 0 radical (unpaired) electrons. The molecule has 1 aromatic carbocycles. The van der Waals surface area contributed by atoms with Gasteiger partial charge in [-0.2, -0.15) is 0 Å². The van der Waals surface area contributed by atoms with E-state index in [1.807, 2.05) is 0 Å². The first-order chi connectivity index (χ1) is 10.4. The van der Waals surface area contributed by atoms with Crippen LogP contribution >= 0.6 is 11.8 Å². The Labute approximate surface area is 133 Å². The summed E-state index contributed by atoms with van der Waals surface area (Å²) in [5, 5.41) is 2.77. The Balaban J connectivity index is 2.14. The molecule has 0 spiro atoms. The molecule has 1 aliphatic heterocycles. The summed E-state index contributed by atoms with van der Waals surface area (Å²) in [6, 6.07) is 5.00. The maximum Gasteiger partial charge on any atom is 0.338 e. The van der Waals surface area contributed by atoms with Gasteiger partial charge in [0.05, 0.1) is 11.3 Å². The van der Waals surface area contributed by atoms with Crippen molar-refractivity contribution in [2.24, 2.45) is 0 Å². The van der Waals surface area contributed by atoms with Gasteiger partial charge in [0.15, 0.2) is 6.10 Å². The predicted octanol–water partition coefficient (Wildman–Crippen LogP) is 1.75. The number of likely N-dealkylation sites (N-methyl/N-ethyl adjacent to an activating group) is 1. The number of fused-ring (bicyclic) bond motifs is 1. The molecule has 1 aliphatic rings. The molecule has 0 aromatic heterocycles. The van der Waals surface area contributed by atoms with Crippen LogP contribution in [-0.2, 0) is 14.3 Å². The highest BCUT2D eigenvalue weighted by atomic mass is 32.2. The van der Waals surface area contributed by atoms with E-state index in [1.165, 1.54) is 11.8 Å². The van der Waals surface area contributed by atoms with E-state index in [0.717, 1.165) is 4.90 Å². The van der Waals surface area contributed by atoms with Crippen molar-refractivity contribution in [1.82, 2.24) is 4.90 Å². The van der Waals surface area contributed by atoms with Crippen molar-refractivity contribution in [3.63, 3.8) is 0 Å². The van der Waals surface area contributed by atoms with E-state index in [1.54, 1.807) is 44.1 Å². The van der Waals surface area contributed by atoms with E-state index in [2.05, 4.69) is 5.32 Å². The molecule has 2 amide bonds. The third kappa shape index (κ3) is 3.79. The lowest BCUT2D eigenvalue weighted by atomic mass is 10.2. The van der Waals surface area contributed by atoms with Crippen LogP contribution in [0, 0.1) is 0 Å². The number of esters is 1.